The molecule has 1 unspecified atom stereocenters. The summed E-state index contributed by atoms with van der Waals surface area (Å²) in [5, 5.41) is 58.0. The predicted octanol–water partition coefficient (Wildman–Crippen LogP) is 5.63. The van der Waals surface area contributed by atoms with E-state index >= 15 is 0 Å². The molecule has 11 N–H and O–H groups in total. The summed E-state index contributed by atoms with van der Waals surface area (Å²) in [6, 6.07) is 6.03. The summed E-state index contributed by atoms with van der Waals surface area (Å²) in [6.07, 6.45) is 20.3. The first-order valence-electron chi connectivity index (χ1n) is 23.8. The Balaban J connectivity index is 1.06. The quantitative estimate of drug-likeness (QED) is 0.0218. The summed E-state index contributed by atoms with van der Waals surface area (Å²) in [4.78, 5) is 8.90. The molecule has 1 aromatic carbocycles. The number of unbranched alkanes of at least 4 members (excludes halogenated alkanes) is 1. The van der Waals surface area contributed by atoms with Crippen LogP contribution in [0.3, 0.4) is 0 Å². The highest BCUT2D eigenvalue weighted by Crippen LogP contribution is 2.47. The van der Waals surface area contributed by atoms with Crippen molar-refractivity contribution in [2.45, 2.75) is 147 Å². The second-order valence-electron chi connectivity index (χ2n) is 18.7. The fraction of sp³-hybridized carbons (Fsp3) is 0.714. The van der Waals surface area contributed by atoms with Crippen molar-refractivity contribution in [3.63, 3.8) is 0 Å². The number of hydrogen-bond acceptors (Lipinski definition) is 11. The smallest absolute Gasteiger partial charge is 0.189 e. The van der Waals surface area contributed by atoms with Gasteiger partial charge in [0, 0.05) is 58.5 Å². The van der Waals surface area contributed by atoms with Crippen molar-refractivity contribution in [1.82, 2.24) is 10.6 Å². The highest BCUT2D eigenvalue weighted by molar-refractivity contribution is 6.04. The van der Waals surface area contributed by atoms with Crippen molar-refractivity contribution in [3.8, 4) is 11.5 Å². The lowest BCUT2D eigenvalue weighted by Gasteiger charge is -2.25. The number of nitrogens with one attached hydrogen (secondary N) is 2. The third-order valence-corrected chi connectivity index (χ3v) is 13.6. The van der Waals surface area contributed by atoms with E-state index in [-0.39, 0.29) is 37.7 Å². The van der Waals surface area contributed by atoms with Crippen LogP contribution in [0.15, 0.2) is 51.5 Å². The van der Waals surface area contributed by atoms with Gasteiger partial charge in [-0.1, -0.05) is 70.5 Å². The summed E-state index contributed by atoms with van der Waals surface area (Å²) in [7, 11) is 1.69. The van der Waals surface area contributed by atoms with Crippen LogP contribution in [0.1, 0.15) is 122 Å². The van der Waals surface area contributed by atoms with Gasteiger partial charge in [0.2, 0.25) is 0 Å². The van der Waals surface area contributed by atoms with Crippen LogP contribution in [0, 0.1) is 41.7 Å². The number of aliphatic imine (C=N–C) groups is 2. The second kappa shape index (κ2) is 25.9. The number of aliphatic hydroxyl groups is 4. The summed E-state index contributed by atoms with van der Waals surface area (Å²) in [5.74, 6) is 3.40. The molecule has 4 aliphatic rings. The minimum Gasteiger partial charge on any atom is -0.504 e. The molecule has 1 aromatic rings. The van der Waals surface area contributed by atoms with Crippen LogP contribution in [-0.4, -0.2) is 108 Å². The van der Waals surface area contributed by atoms with Gasteiger partial charge in [-0.2, -0.15) is 11.6 Å². The van der Waals surface area contributed by atoms with Gasteiger partial charge in [0.05, 0.1) is 18.1 Å². The van der Waals surface area contributed by atoms with Crippen LogP contribution in [0.4, 0.5) is 0 Å². The molecule has 2 saturated carbocycles. The zero-order chi connectivity index (χ0) is 44.4. The van der Waals surface area contributed by atoms with Gasteiger partial charge < -0.3 is 57.1 Å². The van der Waals surface area contributed by atoms with E-state index in [1.54, 1.807) is 20.0 Å². The van der Waals surface area contributed by atoms with Gasteiger partial charge in [-0.15, -0.1) is 4.99 Å². The van der Waals surface area contributed by atoms with Crippen LogP contribution < -0.4 is 26.8 Å². The van der Waals surface area contributed by atoms with Crippen molar-refractivity contribution in [1.29, 1.82) is 0 Å². The van der Waals surface area contributed by atoms with E-state index in [1.807, 2.05) is 18.2 Å². The lowest BCUT2D eigenvalue weighted by Crippen LogP contribution is -2.34. The highest BCUT2D eigenvalue weighted by Gasteiger charge is 2.47. The number of rotatable bonds is 28. The Morgan fingerprint density at radius 1 is 1.06 bits per heavy atom. The van der Waals surface area contributed by atoms with Gasteiger partial charge in [0.1, 0.15) is 12.2 Å². The molecule has 348 valence electrons. The molecule has 2 heterocycles. The Bertz CT molecular complexity index is 1620. The molecule has 5 rings (SSSR count). The Morgan fingerprint density at radius 3 is 2.66 bits per heavy atom. The standard InChI is InChI=1S/C49H80N6O7/c1-32(27-54-49(51)52-3)9-6-11-34(23-38(50)13-8-22-56)10-4-5-15-47-37(30-57)25-39(62-47)19-16-35-17-21-45(59)48(24-35)61-31-46(60)44-26-41-42(29-53-28-33(2)58)40-14-7-12-36(40)18-20-43(41)55-44/h17,21,24-26,32-34,36,38,40,42,46-47,53,56-60H,4-16,18-20,22-23,27-31,50H2,1-3H3,(H3,51,52,54)/t32-,33+,34+,36-,38-,40+,42+,46+,47?/m1/s1. The van der Waals surface area contributed by atoms with Gasteiger partial charge in [-0.05, 0) is 99.7 Å². The molecule has 0 amide bonds. The fourth-order valence-electron chi connectivity index (χ4n) is 10.1. The normalized spacial score (nSPS) is 23.8. The van der Waals surface area contributed by atoms with Gasteiger partial charge in [-0.3, -0.25) is 4.99 Å². The number of fused-ring (bicyclic) bond motifs is 2. The maximum Gasteiger partial charge on any atom is 0.189 e. The highest BCUT2D eigenvalue weighted by atomic mass is 16.5. The SMILES string of the molecule is CN=C(N)NC[C@H](C)CCC[C@H](CCCCC1O[C-](CCc2ccc(O)c(OC[C@H](O)[C+]3C=C4C(=N3)CC[C@H]3CCC[C@@H]3[C@@H]4CNC[C@H](C)O)c2)C=C1CO)C[C@H](N)CCCO. The summed E-state index contributed by atoms with van der Waals surface area (Å²) >= 11 is 0. The molecular weight excluding hydrogens is 785 g/mol. The minimum absolute atomic E-state index is 0.0145. The number of nitrogens with zero attached hydrogens (tertiary/aromatic N) is 2. The topological polar surface area (TPSA) is 220 Å². The summed E-state index contributed by atoms with van der Waals surface area (Å²) in [6.45, 7) is 6.28. The number of aryl methyl sites for hydroxylation is 1. The molecule has 13 nitrogen and oxygen atoms in total. The molecule has 0 saturated heterocycles. The maximum absolute atomic E-state index is 11.3. The van der Waals surface area contributed by atoms with Crippen LogP contribution in [0.5, 0.6) is 11.5 Å². The third kappa shape index (κ3) is 15.5. The molecule has 2 fully saturated rings. The predicted molar refractivity (Wildman–Crippen MR) is 248 cm³/mol. The number of aromatic hydroxyl groups is 1. The number of nitrogens with two attached hydrogens (primary N) is 2. The average Bonchev–Trinajstić information content (AvgIpc) is 4.00. The average molecular weight is 865 g/mol. The van der Waals surface area contributed by atoms with Crippen LogP contribution in [0.2, 0.25) is 0 Å². The molecule has 13 heteroatoms. The first-order valence-corrected chi connectivity index (χ1v) is 23.8. The van der Waals surface area contributed by atoms with Crippen LogP contribution in [0.25, 0.3) is 0 Å². The largest absolute Gasteiger partial charge is 0.504 e. The van der Waals surface area contributed by atoms with E-state index in [0.29, 0.717) is 66.7 Å². The Hall–Kier alpha value is -3.30. The monoisotopic (exact) mass is 865 g/mol. The summed E-state index contributed by atoms with van der Waals surface area (Å²) < 4.78 is 12.4. The van der Waals surface area contributed by atoms with E-state index in [1.165, 1.54) is 24.8 Å². The van der Waals surface area contributed by atoms with Crippen molar-refractivity contribution in [2.24, 2.45) is 51.0 Å². The molecule has 2 aliphatic heterocycles. The van der Waals surface area contributed by atoms with E-state index in [0.717, 1.165) is 113 Å². The molecule has 9 atom stereocenters. The lowest BCUT2D eigenvalue weighted by molar-refractivity contribution is 0.102. The molecular formula is C49H80N6O7. The molecule has 2 aliphatic carbocycles. The number of ether oxygens (including phenoxy) is 2. The Kier molecular flexibility index (Phi) is 20.7. The third-order valence-electron chi connectivity index (χ3n) is 13.6. The molecule has 0 aromatic heterocycles. The number of phenolic OH excluding ortho intramolecular Hbond substituents is 1. The zero-order valence-electron chi connectivity index (χ0n) is 37.9. The lowest BCUT2D eigenvalue weighted by atomic mass is 9.80. The fourth-order valence-corrected chi connectivity index (χ4v) is 10.1. The summed E-state index contributed by atoms with van der Waals surface area (Å²) in [5.41, 5.74) is 16.5. The van der Waals surface area contributed by atoms with E-state index in [2.05, 4.69) is 28.6 Å². The number of hydrogen-bond donors (Lipinski definition) is 9. The number of benzene rings is 1. The van der Waals surface area contributed by atoms with Crippen molar-refractivity contribution in [2.75, 3.05) is 46.5 Å². The first kappa shape index (κ1) is 49.7. The molecule has 0 spiro atoms. The number of aliphatic hydroxyl groups excluding tert-OH is 4. The van der Waals surface area contributed by atoms with Gasteiger partial charge >= 0.3 is 0 Å². The maximum atomic E-state index is 11.3. The Labute approximate surface area is 371 Å². The van der Waals surface area contributed by atoms with Gasteiger partial charge in [-0.25, -0.2) is 0 Å². The zero-order valence-corrected chi connectivity index (χ0v) is 37.9. The number of guanidine groups is 1. The van der Waals surface area contributed by atoms with Crippen molar-refractivity contribution < 1.29 is 35.0 Å². The first-order chi connectivity index (χ1) is 30.0. The second-order valence-corrected chi connectivity index (χ2v) is 18.7. The van der Waals surface area contributed by atoms with E-state index in [9.17, 15) is 25.5 Å². The van der Waals surface area contributed by atoms with Crippen molar-refractivity contribution >= 4 is 11.7 Å². The molecule has 0 radical (unpaired) electrons. The van der Waals surface area contributed by atoms with Crippen molar-refractivity contribution in [3.05, 3.63) is 59.2 Å². The Morgan fingerprint density at radius 2 is 1.89 bits per heavy atom. The van der Waals surface area contributed by atoms with Gasteiger partial charge in [0.15, 0.2) is 35.3 Å². The van der Waals surface area contributed by atoms with Crippen LogP contribution in [-0.2, 0) is 11.2 Å². The molecule has 0 bridgehead atoms. The van der Waals surface area contributed by atoms with E-state index < -0.39 is 12.2 Å². The van der Waals surface area contributed by atoms with Gasteiger partial charge in [0.25, 0.3) is 0 Å². The minimum atomic E-state index is -0.944. The van der Waals surface area contributed by atoms with Crippen LogP contribution >= 0.6 is 0 Å². The number of phenols is 1. The van der Waals surface area contributed by atoms with E-state index in [4.69, 9.17) is 25.9 Å². The molecule has 62 heavy (non-hydrogen) atoms.